The van der Waals surface area contributed by atoms with Crippen molar-refractivity contribution in [3.8, 4) is 5.75 Å². The summed E-state index contributed by atoms with van der Waals surface area (Å²) >= 11 is 0. The normalized spacial score (nSPS) is 15.7. The van der Waals surface area contributed by atoms with Crippen LogP contribution in [0.25, 0.3) is 0 Å². The Bertz CT molecular complexity index is 979. The minimum atomic E-state index is -3.53. The van der Waals surface area contributed by atoms with E-state index in [1.165, 1.54) is 21.0 Å². The lowest BCUT2D eigenvalue weighted by Crippen LogP contribution is -2.46. The van der Waals surface area contributed by atoms with Gasteiger partial charge in [-0.3, -0.25) is 4.79 Å². The zero-order valence-corrected chi connectivity index (χ0v) is 18.7. The molecule has 0 unspecified atom stereocenters. The fourth-order valence-electron chi connectivity index (χ4n) is 3.81. The lowest BCUT2D eigenvalue weighted by atomic mass is 10.0. The second-order valence-electron chi connectivity index (χ2n) is 7.85. The molecule has 6 nitrogen and oxygen atoms in total. The van der Waals surface area contributed by atoms with Crippen molar-refractivity contribution in [1.82, 2.24) is 9.62 Å². The van der Waals surface area contributed by atoms with Gasteiger partial charge < -0.3 is 10.1 Å². The van der Waals surface area contributed by atoms with E-state index in [1.807, 2.05) is 0 Å². The lowest BCUT2D eigenvalue weighted by Gasteiger charge is -2.31. The lowest BCUT2D eigenvalue weighted by molar-refractivity contribution is -0.122. The number of carbonyl (C=O) groups excluding carboxylic acids is 1. The first-order valence-corrected chi connectivity index (χ1v) is 11.7. The number of hydrogen-bond acceptors (Lipinski definition) is 4. The third kappa shape index (κ3) is 5.40. The zero-order chi connectivity index (χ0) is 21.7. The molecule has 30 heavy (non-hydrogen) atoms. The maximum absolute atomic E-state index is 12.8. The summed E-state index contributed by atoms with van der Waals surface area (Å²) < 4.78 is 32.2. The Labute approximate surface area is 179 Å². The first-order valence-electron chi connectivity index (χ1n) is 10.3. The molecule has 3 rings (SSSR count). The van der Waals surface area contributed by atoms with Gasteiger partial charge in [-0.15, -0.1) is 0 Å². The number of aryl methyl sites for hydroxylation is 3. The highest BCUT2D eigenvalue weighted by molar-refractivity contribution is 7.89. The number of nitrogens with one attached hydrogen (secondary N) is 1. The molecule has 1 saturated heterocycles. The number of nitrogens with zero attached hydrogens (tertiary/aromatic N) is 1. The number of methoxy groups -OCH3 is 1. The van der Waals surface area contributed by atoms with Gasteiger partial charge in [0.25, 0.3) is 0 Å². The van der Waals surface area contributed by atoms with Gasteiger partial charge in [-0.2, -0.15) is 4.31 Å². The Morgan fingerprint density at radius 3 is 2.37 bits per heavy atom. The summed E-state index contributed by atoms with van der Waals surface area (Å²) in [4.78, 5) is 12.6. The van der Waals surface area contributed by atoms with Gasteiger partial charge in [0.05, 0.1) is 12.0 Å². The van der Waals surface area contributed by atoms with Gasteiger partial charge in [-0.25, -0.2) is 8.42 Å². The maximum atomic E-state index is 12.8. The van der Waals surface area contributed by atoms with Crippen molar-refractivity contribution in [3.63, 3.8) is 0 Å². The molecular formula is C23H30N2O4S. The van der Waals surface area contributed by atoms with Gasteiger partial charge in [-0.05, 0) is 68.5 Å². The highest BCUT2D eigenvalue weighted by atomic mass is 32.2. The van der Waals surface area contributed by atoms with E-state index in [9.17, 15) is 13.2 Å². The second-order valence-corrected chi connectivity index (χ2v) is 9.79. The number of sulfonamides is 1. The third-order valence-electron chi connectivity index (χ3n) is 5.64. The summed E-state index contributed by atoms with van der Waals surface area (Å²) in [5.41, 5.74) is 3.62. The smallest absolute Gasteiger partial charge is 0.243 e. The Morgan fingerprint density at radius 1 is 1.10 bits per heavy atom. The number of piperidine rings is 1. The van der Waals surface area contributed by atoms with Crippen LogP contribution in [0.4, 0.5) is 0 Å². The first-order chi connectivity index (χ1) is 14.3. The first kappa shape index (κ1) is 22.3. The minimum absolute atomic E-state index is 0.0129. The minimum Gasteiger partial charge on any atom is -0.497 e. The van der Waals surface area contributed by atoms with Crippen molar-refractivity contribution in [3.05, 3.63) is 59.2 Å². The highest BCUT2D eigenvalue weighted by Gasteiger charge is 2.29. The number of hydrogen-bond donors (Lipinski definition) is 1. The van der Waals surface area contributed by atoms with Crippen molar-refractivity contribution in [2.45, 2.75) is 50.5 Å². The van der Waals surface area contributed by atoms with E-state index in [-0.39, 0.29) is 16.8 Å². The van der Waals surface area contributed by atoms with Crippen LogP contribution in [0.3, 0.4) is 0 Å². The van der Waals surface area contributed by atoms with Crippen molar-refractivity contribution in [2.24, 2.45) is 0 Å². The fraction of sp³-hybridized carbons (Fsp3) is 0.435. The quantitative estimate of drug-likeness (QED) is 0.732. The van der Waals surface area contributed by atoms with E-state index in [0.717, 1.165) is 0 Å². The van der Waals surface area contributed by atoms with Crippen molar-refractivity contribution >= 4 is 15.9 Å². The van der Waals surface area contributed by atoms with E-state index >= 15 is 0 Å². The number of carbonyl (C=O) groups is 1. The fourth-order valence-corrected chi connectivity index (χ4v) is 5.28. The standard InChI is InChI=1S/C23H30N2O4S/c1-17-4-5-19(18(2)16-17)6-11-23(26)24-20-12-14-25(15-13-20)30(27,28)22-9-7-21(29-3)8-10-22/h4-5,7-10,16,20H,6,11-15H2,1-3H3,(H,24,26). The van der Waals surface area contributed by atoms with Gasteiger partial charge in [0, 0.05) is 25.6 Å². The van der Waals surface area contributed by atoms with Gasteiger partial charge >= 0.3 is 0 Å². The van der Waals surface area contributed by atoms with Crippen LogP contribution in [-0.4, -0.2) is 44.9 Å². The largest absolute Gasteiger partial charge is 0.497 e. The Balaban J connectivity index is 1.49. The molecule has 1 heterocycles. The summed E-state index contributed by atoms with van der Waals surface area (Å²) in [6, 6.07) is 12.7. The number of ether oxygens (including phenoxy) is 1. The second kappa shape index (κ2) is 9.62. The average molecular weight is 431 g/mol. The van der Waals surface area contributed by atoms with E-state index in [4.69, 9.17) is 4.74 Å². The molecule has 162 valence electrons. The molecule has 0 aliphatic carbocycles. The van der Waals surface area contributed by atoms with Crippen LogP contribution in [0.15, 0.2) is 47.4 Å². The van der Waals surface area contributed by atoms with E-state index in [0.29, 0.717) is 44.5 Å². The summed E-state index contributed by atoms with van der Waals surface area (Å²) in [6.45, 7) is 4.93. The molecule has 0 saturated carbocycles. The monoisotopic (exact) mass is 430 g/mol. The number of benzene rings is 2. The average Bonchev–Trinajstić information content (AvgIpc) is 2.73. The molecule has 1 aliphatic rings. The van der Waals surface area contributed by atoms with Crippen molar-refractivity contribution in [2.75, 3.05) is 20.2 Å². The van der Waals surface area contributed by atoms with Crippen LogP contribution in [0.1, 0.15) is 36.0 Å². The third-order valence-corrected chi connectivity index (χ3v) is 7.55. The molecule has 0 radical (unpaired) electrons. The molecule has 1 amide bonds. The van der Waals surface area contributed by atoms with Crippen LogP contribution in [0, 0.1) is 13.8 Å². The van der Waals surface area contributed by atoms with Crippen LogP contribution < -0.4 is 10.1 Å². The van der Waals surface area contributed by atoms with Gasteiger partial charge in [0.2, 0.25) is 15.9 Å². The summed E-state index contributed by atoms with van der Waals surface area (Å²) in [5.74, 6) is 0.641. The highest BCUT2D eigenvalue weighted by Crippen LogP contribution is 2.23. The van der Waals surface area contributed by atoms with Crippen LogP contribution in [0.5, 0.6) is 5.75 Å². The topological polar surface area (TPSA) is 75.7 Å². The van der Waals surface area contributed by atoms with Crippen LogP contribution in [-0.2, 0) is 21.2 Å². The molecule has 0 aromatic heterocycles. The van der Waals surface area contributed by atoms with Gasteiger partial charge in [-0.1, -0.05) is 23.8 Å². The van der Waals surface area contributed by atoms with Crippen molar-refractivity contribution < 1.29 is 17.9 Å². The SMILES string of the molecule is COc1ccc(S(=O)(=O)N2CCC(NC(=O)CCc3ccc(C)cc3C)CC2)cc1. The van der Waals surface area contributed by atoms with Crippen LogP contribution in [0.2, 0.25) is 0 Å². The summed E-state index contributed by atoms with van der Waals surface area (Å²) in [7, 11) is -1.98. The summed E-state index contributed by atoms with van der Waals surface area (Å²) in [6.07, 6.45) is 2.38. The molecule has 1 N–H and O–H groups in total. The Hall–Kier alpha value is -2.38. The predicted molar refractivity (Wildman–Crippen MR) is 117 cm³/mol. The number of rotatable bonds is 7. The van der Waals surface area contributed by atoms with Gasteiger partial charge in [0.15, 0.2) is 0 Å². The Morgan fingerprint density at radius 2 is 1.77 bits per heavy atom. The molecule has 1 aliphatic heterocycles. The zero-order valence-electron chi connectivity index (χ0n) is 17.8. The summed E-state index contributed by atoms with van der Waals surface area (Å²) in [5, 5.41) is 3.07. The van der Waals surface area contributed by atoms with Gasteiger partial charge in [0.1, 0.15) is 5.75 Å². The van der Waals surface area contributed by atoms with E-state index < -0.39 is 10.0 Å². The van der Waals surface area contributed by atoms with Crippen molar-refractivity contribution in [1.29, 1.82) is 0 Å². The number of amides is 1. The molecule has 7 heteroatoms. The molecule has 0 atom stereocenters. The molecule has 1 fully saturated rings. The predicted octanol–water partition coefficient (Wildman–Crippen LogP) is 3.21. The molecule has 0 bridgehead atoms. The molecular weight excluding hydrogens is 400 g/mol. The Kier molecular flexibility index (Phi) is 7.15. The molecule has 2 aromatic carbocycles. The molecule has 0 spiro atoms. The van der Waals surface area contributed by atoms with Crippen LogP contribution >= 0.6 is 0 Å². The maximum Gasteiger partial charge on any atom is 0.243 e. The van der Waals surface area contributed by atoms with E-state index in [2.05, 4.69) is 37.4 Å². The van der Waals surface area contributed by atoms with E-state index in [1.54, 1.807) is 31.4 Å². The molecule has 2 aromatic rings.